The van der Waals surface area contributed by atoms with Gasteiger partial charge in [-0.2, -0.15) is 14.4 Å². The molecule has 2 aromatic heterocycles. The molecule has 4 bridgehead atoms. The number of imidazole rings is 1. The second kappa shape index (κ2) is 7.77. The van der Waals surface area contributed by atoms with E-state index in [1.807, 2.05) is 0 Å². The third-order valence-electron chi connectivity index (χ3n) is 8.71. The van der Waals surface area contributed by atoms with Gasteiger partial charge in [0.1, 0.15) is 18.4 Å². The maximum absolute atomic E-state index is 13.9. The number of carbonyl (C=O) groups is 1. The summed E-state index contributed by atoms with van der Waals surface area (Å²) < 4.78 is 26.9. The van der Waals surface area contributed by atoms with Gasteiger partial charge < -0.3 is 25.4 Å². The first-order chi connectivity index (χ1) is 16.7. The average molecular weight is 486 g/mol. The van der Waals surface area contributed by atoms with Crippen LogP contribution in [0.1, 0.15) is 57.6 Å². The third kappa shape index (κ3) is 3.53. The zero-order valence-electron chi connectivity index (χ0n) is 19.1. The van der Waals surface area contributed by atoms with Crippen LogP contribution in [0.25, 0.3) is 11.2 Å². The number of rotatable bonds is 5. The van der Waals surface area contributed by atoms with Gasteiger partial charge in [0.25, 0.3) is 0 Å². The Balaban J connectivity index is 1.34. The third-order valence-corrected chi connectivity index (χ3v) is 8.71. The second-order valence-corrected chi connectivity index (χ2v) is 11.0. The van der Waals surface area contributed by atoms with Gasteiger partial charge in [-0.05, 0) is 68.1 Å². The number of halogens is 1. The van der Waals surface area contributed by atoms with Gasteiger partial charge >= 0.3 is 12.2 Å². The van der Waals surface area contributed by atoms with Gasteiger partial charge in [-0.15, -0.1) is 6.42 Å². The lowest BCUT2D eigenvalue weighted by Crippen LogP contribution is -2.55. The number of nitrogen functional groups attached to an aromatic ring is 1. The van der Waals surface area contributed by atoms with Crippen LogP contribution in [0, 0.1) is 41.6 Å². The van der Waals surface area contributed by atoms with E-state index in [0.29, 0.717) is 24.2 Å². The van der Waals surface area contributed by atoms with Crippen LogP contribution in [0.5, 0.6) is 0 Å². The zero-order valence-corrected chi connectivity index (χ0v) is 19.1. The Labute approximate surface area is 201 Å². The van der Waals surface area contributed by atoms with Crippen molar-refractivity contribution in [3.63, 3.8) is 0 Å². The van der Waals surface area contributed by atoms with Crippen LogP contribution < -0.4 is 5.73 Å². The van der Waals surface area contributed by atoms with E-state index < -0.39 is 36.3 Å². The summed E-state index contributed by atoms with van der Waals surface area (Å²) in [4.78, 5) is 23.2. The van der Waals surface area contributed by atoms with Crippen LogP contribution in [0.2, 0.25) is 0 Å². The predicted molar refractivity (Wildman–Crippen MR) is 120 cm³/mol. The maximum Gasteiger partial charge on any atom is 0.506 e. The molecule has 1 saturated heterocycles. The number of carboxylic acid groups (broad SMARTS) is 1. The van der Waals surface area contributed by atoms with Crippen molar-refractivity contribution in [3.8, 4) is 12.3 Å². The van der Waals surface area contributed by atoms with Gasteiger partial charge in [0.05, 0.1) is 6.33 Å². The van der Waals surface area contributed by atoms with Gasteiger partial charge in [-0.25, -0.2) is 9.78 Å². The Morgan fingerprint density at radius 1 is 1.29 bits per heavy atom. The van der Waals surface area contributed by atoms with Crippen LogP contribution >= 0.6 is 0 Å². The smallest absolute Gasteiger partial charge is 0.450 e. The van der Waals surface area contributed by atoms with Gasteiger partial charge in [0, 0.05) is 6.42 Å². The Hall–Kier alpha value is -2.97. The minimum absolute atomic E-state index is 0.0154. The molecule has 0 amide bonds. The monoisotopic (exact) mass is 485 g/mol. The van der Waals surface area contributed by atoms with Crippen LogP contribution in [0.15, 0.2) is 6.33 Å². The summed E-state index contributed by atoms with van der Waals surface area (Å²) in [7, 11) is 0. The summed E-state index contributed by atoms with van der Waals surface area (Å²) in [6, 6.07) is 0. The molecule has 2 aromatic rings. The average Bonchev–Trinajstić information content (AvgIpc) is 3.33. The van der Waals surface area contributed by atoms with Gasteiger partial charge in [-0.1, -0.05) is 5.92 Å². The Bertz CT molecular complexity index is 1190. The van der Waals surface area contributed by atoms with Crippen molar-refractivity contribution in [3.05, 3.63) is 12.4 Å². The summed E-state index contributed by atoms with van der Waals surface area (Å²) in [5, 5.41) is 20.8. The molecule has 0 spiro atoms. The Morgan fingerprint density at radius 3 is 2.54 bits per heavy atom. The summed E-state index contributed by atoms with van der Waals surface area (Å²) in [5.41, 5.74) is 4.27. The SMILES string of the molecule is C#C[C@@]1(C(CC23CC4CC(CC(C4)C2)C3)OC(=O)O)O[C@@H](n2cnc3c(N)nc(F)nc32)C[C@@H]1O. The number of hydrogen-bond donors (Lipinski definition) is 3. The first kappa shape index (κ1) is 22.5. The highest BCUT2D eigenvalue weighted by molar-refractivity contribution is 5.81. The number of aliphatic hydroxyl groups is 1. The number of aliphatic hydroxyl groups excluding tert-OH is 1. The highest BCUT2D eigenvalue weighted by Gasteiger charge is 2.59. The van der Waals surface area contributed by atoms with E-state index in [2.05, 4.69) is 20.9 Å². The van der Waals surface area contributed by atoms with Crippen LogP contribution in [-0.4, -0.2) is 53.7 Å². The maximum atomic E-state index is 13.9. The molecule has 1 aliphatic heterocycles. The predicted octanol–water partition coefficient (Wildman–Crippen LogP) is 2.87. The number of aromatic nitrogens is 4. The molecule has 1 unspecified atom stereocenters. The first-order valence-corrected chi connectivity index (χ1v) is 12.1. The minimum Gasteiger partial charge on any atom is -0.450 e. The molecule has 5 aliphatic rings. The van der Waals surface area contributed by atoms with Crippen molar-refractivity contribution in [2.75, 3.05) is 5.73 Å². The topological polar surface area (TPSA) is 146 Å². The normalized spacial score (nSPS) is 38.5. The molecule has 4 aliphatic carbocycles. The fourth-order valence-corrected chi connectivity index (χ4v) is 7.86. The summed E-state index contributed by atoms with van der Waals surface area (Å²) >= 11 is 0. The Kier molecular flexibility index (Phi) is 4.99. The zero-order chi connectivity index (χ0) is 24.5. The lowest BCUT2D eigenvalue weighted by atomic mass is 9.48. The van der Waals surface area contributed by atoms with Crippen molar-refractivity contribution >= 4 is 23.1 Å². The molecule has 10 nitrogen and oxygen atoms in total. The molecular weight excluding hydrogens is 457 g/mol. The molecule has 5 fully saturated rings. The number of hydrogen-bond acceptors (Lipinski definition) is 8. The van der Waals surface area contributed by atoms with Crippen molar-refractivity contribution in [1.29, 1.82) is 0 Å². The quantitative estimate of drug-likeness (QED) is 0.330. The Morgan fingerprint density at radius 2 is 1.94 bits per heavy atom. The lowest BCUT2D eigenvalue weighted by Gasteiger charge is -2.58. The summed E-state index contributed by atoms with van der Waals surface area (Å²) in [6.45, 7) is 0. The van der Waals surface area contributed by atoms with E-state index in [9.17, 15) is 19.4 Å². The standard InChI is InChI=1S/C24H28FN5O5/c1-2-24(15(31)6-17(35-24)30-11-27-18-19(26)28-21(25)29-20(18)30)16(34-22(32)33)10-23-7-12-3-13(8-23)5-14(4-12)9-23/h1,11-17,31H,3-10H2,(H,32,33)(H2,26,28,29)/t12?,13?,14?,15-,16?,17+,23?,24+/m0/s1. The molecule has 3 heterocycles. The highest BCUT2D eigenvalue weighted by Crippen LogP contribution is 2.62. The van der Waals surface area contributed by atoms with Gasteiger partial charge in [0.15, 0.2) is 22.6 Å². The molecule has 4 atom stereocenters. The molecule has 11 heteroatoms. The largest absolute Gasteiger partial charge is 0.506 e. The highest BCUT2D eigenvalue weighted by atomic mass is 19.1. The number of ether oxygens (including phenoxy) is 2. The molecule has 0 radical (unpaired) electrons. The van der Waals surface area contributed by atoms with Crippen LogP contribution in [0.4, 0.5) is 15.0 Å². The van der Waals surface area contributed by atoms with Gasteiger partial charge in [-0.3, -0.25) is 4.57 Å². The molecule has 7 rings (SSSR count). The molecule has 186 valence electrons. The van der Waals surface area contributed by atoms with Crippen LogP contribution in [-0.2, 0) is 9.47 Å². The van der Waals surface area contributed by atoms with Crippen molar-refractivity contribution in [2.24, 2.45) is 23.2 Å². The van der Waals surface area contributed by atoms with Crippen LogP contribution in [0.3, 0.4) is 0 Å². The first-order valence-electron chi connectivity index (χ1n) is 12.1. The fourth-order valence-electron chi connectivity index (χ4n) is 7.86. The lowest BCUT2D eigenvalue weighted by molar-refractivity contribution is -0.159. The van der Waals surface area contributed by atoms with Gasteiger partial charge in [0.2, 0.25) is 0 Å². The minimum atomic E-state index is -1.71. The molecular formula is C24H28FN5O5. The number of nitrogens with zero attached hydrogens (tertiary/aromatic N) is 4. The summed E-state index contributed by atoms with van der Waals surface area (Å²) in [5.74, 6) is 4.37. The number of nitrogens with two attached hydrogens (primary N) is 1. The molecule has 0 aromatic carbocycles. The van der Waals surface area contributed by atoms with Crippen molar-refractivity contribution in [2.45, 2.75) is 75.4 Å². The molecule has 35 heavy (non-hydrogen) atoms. The number of terminal acetylenes is 1. The second-order valence-electron chi connectivity index (χ2n) is 11.0. The summed E-state index contributed by atoms with van der Waals surface area (Å²) in [6.07, 6.45) is 8.81. The van der Waals surface area contributed by atoms with E-state index >= 15 is 0 Å². The molecule has 4 N–H and O–H groups in total. The fraction of sp³-hybridized carbons (Fsp3) is 0.667. The van der Waals surface area contributed by atoms with E-state index in [-0.39, 0.29) is 28.8 Å². The molecule has 4 saturated carbocycles. The van der Waals surface area contributed by atoms with Crippen molar-refractivity contribution in [1.82, 2.24) is 19.5 Å². The van der Waals surface area contributed by atoms with E-state index in [1.165, 1.54) is 30.2 Å². The number of anilines is 1. The van der Waals surface area contributed by atoms with E-state index in [1.54, 1.807) is 0 Å². The van der Waals surface area contributed by atoms with E-state index in [0.717, 1.165) is 19.3 Å². The number of fused-ring (bicyclic) bond motifs is 1. The van der Waals surface area contributed by atoms with E-state index in [4.69, 9.17) is 21.6 Å². The van der Waals surface area contributed by atoms with Crippen molar-refractivity contribution < 1.29 is 28.9 Å².